The van der Waals surface area contributed by atoms with Crippen LogP contribution in [0.15, 0.2) is 6.20 Å². The van der Waals surface area contributed by atoms with E-state index in [4.69, 9.17) is 4.98 Å². The molecule has 24 heavy (non-hydrogen) atoms. The SMILES string of the molecule is CC(C)c1ncc2c(n1)CC1CN(C(=O)C3(C#N)CCCC3)CC21. The largest absolute Gasteiger partial charge is 0.340 e. The summed E-state index contributed by atoms with van der Waals surface area (Å²) in [6.45, 7) is 5.71. The third-order valence-electron chi connectivity index (χ3n) is 6.10. The molecule has 1 aromatic rings. The number of hydrogen-bond donors (Lipinski definition) is 0. The van der Waals surface area contributed by atoms with Gasteiger partial charge in [-0.25, -0.2) is 9.97 Å². The van der Waals surface area contributed by atoms with Crippen LogP contribution in [0.1, 0.15) is 68.4 Å². The van der Waals surface area contributed by atoms with Crippen LogP contribution >= 0.6 is 0 Å². The van der Waals surface area contributed by atoms with Gasteiger partial charge in [-0.1, -0.05) is 26.7 Å². The van der Waals surface area contributed by atoms with E-state index in [2.05, 4.69) is 24.9 Å². The van der Waals surface area contributed by atoms with E-state index in [1.54, 1.807) is 0 Å². The molecule has 0 bridgehead atoms. The van der Waals surface area contributed by atoms with E-state index in [1.807, 2.05) is 11.1 Å². The Balaban J connectivity index is 1.54. The summed E-state index contributed by atoms with van der Waals surface area (Å²) in [5, 5.41) is 9.57. The van der Waals surface area contributed by atoms with Gasteiger partial charge in [-0.2, -0.15) is 5.26 Å². The van der Waals surface area contributed by atoms with E-state index >= 15 is 0 Å². The number of aromatic nitrogens is 2. The third-order valence-corrected chi connectivity index (χ3v) is 6.10. The molecule has 1 saturated carbocycles. The average molecular weight is 324 g/mol. The van der Waals surface area contributed by atoms with Crippen LogP contribution in [-0.4, -0.2) is 33.9 Å². The number of amides is 1. The van der Waals surface area contributed by atoms with Crippen LogP contribution in [0.5, 0.6) is 0 Å². The van der Waals surface area contributed by atoms with Crippen molar-refractivity contribution in [2.45, 2.75) is 57.8 Å². The number of carbonyl (C=O) groups is 1. The van der Waals surface area contributed by atoms with Crippen LogP contribution < -0.4 is 0 Å². The number of likely N-dealkylation sites (tertiary alicyclic amines) is 1. The lowest BCUT2D eigenvalue weighted by Crippen LogP contribution is -2.41. The molecule has 1 saturated heterocycles. The first-order valence-electron chi connectivity index (χ1n) is 9.10. The van der Waals surface area contributed by atoms with Crippen LogP contribution in [0.4, 0.5) is 0 Å². The van der Waals surface area contributed by atoms with Gasteiger partial charge in [0.15, 0.2) is 0 Å². The summed E-state index contributed by atoms with van der Waals surface area (Å²) in [4.78, 5) is 24.2. The zero-order valence-electron chi connectivity index (χ0n) is 14.5. The number of carbonyl (C=O) groups excluding carboxylic acids is 1. The number of rotatable bonds is 2. The maximum atomic E-state index is 13.0. The standard InChI is InChI=1S/C19H24N4O/c1-12(2)17-21-8-14-15-10-23(9-13(15)7-16(14)22-17)18(24)19(11-20)5-3-4-6-19/h8,12-13,15H,3-7,9-10H2,1-2H3. The molecule has 0 aromatic carbocycles. The minimum Gasteiger partial charge on any atom is -0.340 e. The predicted molar refractivity (Wildman–Crippen MR) is 89.2 cm³/mol. The van der Waals surface area contributed by atoms with Crippen LogP contribution in [-0.2, 0) is 11.2 Å². The van der Waals surface area contributed by atoms with Gasteiger partial charge in [0.25, 0.3) is 0 Å². The molecule has 2 fully saturated rings. The Hall–Kier alpha value is -1.96. The van der Waals surface area contributed by atoms with E-state index in [0.29, 0.717) is 17.8 Å². The van der Waals surface area contributed by atoms with E-state index in [-0.39, 0.29) is 5.91 Å². The zero-order chi connectivity index (χ0) is 16.9. The third kappa shape index (κ3) is 2.23. The number of nitrogens with zero attached hydrogens (tertiary/aromatic N) is 4. The molecular weight excluding hydrogens is 300 g/mol. The van der Waals surface area contributed by atoms with E-state index in [1.165, 1.54) is 11.3 Å². The first-order valence-corrected chi connectivity index (χ1v) is 9.10. The van der Waals surface area contributed by atoms with Gasteiger partial charge < -0.3 is 4.90 Å². The van der Waals surface area contributed by atoms with Crippen molar-refractivity contribution in [1.29, 1.82) is 5.26 Å². The molecule has 5 heteroatoms. The lowest BCUT2D eigenvalue weighted by atomic mass is 9.86. The van der Waals surface area contributed by atoms with Crippen molar-refractivity contribution in [2.75, 3.05) is 13.1 Å². The molecule has 126 valence electrons. The van der Waals surface area contributed by atoms with Crippen molar-refractivity contribution in [3.63, 3.8) is 0 Å². The fourth-order valence-corrected chi connectivity index (χ4v) is 4.69. The Morgan fingerprint density at radius 2 is 2.12 bits per heavy atom. The Bertz CT molecular complexity index is 715. The Morgan fingerprint density at radius 3 is 2.79 bits per heavy atom. The maximum Gasteiger partial charge on any atom is 0.243 e. The van der Waals surface area contributed by atoms with E-state index in [9.17, 15) is 10.1 Å². The summed E-state index contributed by atoms with van der Waals surface area (Å²) in [6, 6.07) is 2.34. The van der Waals surface area contributed by atoms with Gasteiger partial charge in [0.2, 0.25) is 5.91 Å². The summed E-state index contributed by atoms with van der Waals surface area (Å²) in [5.41, 5.74) is 1.64. The molecule has 1 amide bonds. The van der Waals surface area contributed by atoms with Gasteiger partial charge >= 0.3 is 0 Å². The van der Waals surface area contributed by atoms with E-state index < -0.39 is 5.41 Å². The van der Waals surface area contributed by atoms with Gasteiger partial charge in [-0.15, -0.1) is 0 Å². The highest BCUT2D eigenvalue weighted by Crippen LogP contribution is 2.45. The van der Waals surface area contributed by atoms with Gasteiger partial charge in [-0.05, 0) is 30.7 Å². The number of fused-ring (bicyclic) bond motifs is 3. The number of hydrogen-bond acceptors (Lipinski definition) is 4. The lowest BCUT2D eigenvalue weighted by molar-refractivity contribution is -0.137. The smallest absolute Gasteiger partial charge is 0.243 e. The molecule has 0 spiro atoms. The Labute approximate surface area is 143 Å². The van der Waals surface area contributed by atoms with Crippen molar-refractivity contribution < 1.29 is 4.79 Å². The van der Waals surface area contributed by atoms with Crippen molar-refractivity contribution in [3.05, 3.63) is 23.3 Å². The molecule has 2 heterocycles. The highest BCUT2D eigenvalue weighted by atomic mass is 16.2. The highest BCUT2D eigenvalue weighted by Gasteiger charge is 2.49. The first-order chi connectivity index (χ1) is 11.5. The quantitative estimate of drug-likeness (QED) is 0.839. The summed E-state index contributed by atoms with van der Waals surface area (Å²) < 4.78 is 0. The second-order valence-corrected chi connectivity index (χ2v) is 7.97. The van der Waals surface area contributed by atoms with Crippen LogP contribution in [0.2, 0.25) is 0 Å². The molecule has 0 radical (unpaired) electrons. The summed E-state index contributed by atoms with van der Waals surface area (Å²) in [5.74, 6) is 2.11. The monoisotopic (exact) mass is 324 g/mol. The molecule has 2 atom stereocenters. The summed E-state index contributed by atoms with van der Waals surface area (Å²) in [6.07, 6.45) is 6.36. The van der Waals surface area contributed by atoms with Crippen LogP contribution in [0.25, 0.3) is 0 Å². The van der Waals surface area contributed by atoms with Crippen molar-refractivity contribution in [1.82, 2.24) is 14.9 Å². The summed E-state index contributed by atoms with van der Waals surface area (Å²) >= 11 is 0. The van der Waals surface area contributed by atoms with Crippen LogP contribution in [0.3, 0.4) is 0 Å². The minimum atomic E-state index is -0.751. The second-order valence-electron chi connectivity index (χ2n) is 7.97. The normalized spacial score (nSPS) is 27.2. The molecule has 2 aliphatic carbocycles. The van der Waals surface area contributed by atoms with Gasteiger partial charge in [-0.3, -0.25) is 4.79 Å². The molecular formula is C19H24N4O. The second kappa shape index (κ2) is 5.54. The van der Waals surface area contributed by atoms with Gasteiger partial charge in [0.05, 0.1) is 6.07 Å². The van der Waals surface area contributed by atoms with Gasteiger partial charge in [0, 0.05) is 36.8 Å². The fourth-order valence-electron chi connectivity index (χ4n) is 4.69. The summed E-state index contributed by atoms with van der Waals surface area (Å²) in [7, 11) is 0. The van der Waals surface area contributed by atoms with Gasteiger partial charge in [0.1, 0.15) is 11.2 Å². The van der Waals surface area contributed by atoms with Crippen molar-refractivity contribution >= 4 is 5.91 Å². The molecule has 2 unspecified atom stereocenters. The van der Waals surface area contributed by atoms with Crippen LogP contribution in [0, 0.1) is 22.7 Å². The molecule has 1 aromatic heterocycles. The van der Waals surface area contributed by atoms with Crippen molar-refractivity contribution in [2.24, 2.45) is 11.3 Å². The maximum absolute atomic E-state index is 13.0. The molecule has 4 rings (SSSR count). The highest BCUT2D eigenvalue weighted by molar-refractivity contribution is 5.86. The Kier molecular flexibility index (Phi) is 3.59. The number of nitriles is 1. The molecule has 1 aliphatic heterocycles. The molecule has 5 nitrogen and oxygen atoms in total. The fraction of sp³-hybridized carbons (Fsp3) is 0.684. The average Bonchev–Trinajstić information content (AvgIpc) is 3.27. The first kappa shape index (κ1) is 15.6. The predicted octanol–water partition coefficient (Wildman–Crippen LogP) is 2.78. The molecule has 0 N–H and O–H groups in total. The van der Waals surface area contributed by atoms with Crippen molar-refractivity contribution in [3.8, 4) is 6.07 Å². The topological polar surface area (TPSA) is 69.9 Å². The minimum absolute atomic E-state index is 0.0677. The van der Waals surface area contributed by atoms with E-state index in [0.717, 1.165) is 51.0 Å². The molecule has 3 aliphatic rings. The zero-order valence-corrected chi connectivity index (χ0v) is 14.5. The lowest BCUT2D eigenvalue weighted by Gasteiger charge is -2.27. The Morgan fingerprint density at radius 1 is 1.38 bits per heavy atom.